The van der Waals surface area contributed by atoms with E-state index < -0.39 is 0 Å². The monoisotopic (exact) mass is 450 g/mol. The average molecular weight is 451 g/mol. The topological polar surface area (TPSA) is 74.8 Å². The summed E-state index contributed by atoms with van der Waals surface area (Å²) in [5, 5.41) is 3.11. The maximum atomic E-state index is 13.2. The Hall–Kier alpha value is -2.77. The van der Waals surface area contributed by atoms with Crippen molar-refractivity contribution in [2.75, 3.05) is 32.8 Å². The van der Waals surface area contributed by atoms with Gasteiger partial charge in [-0.05, 0) is 36.5 Å². The van der Waals surface area contributed by atoms with Gasteiger partial charge in [0.25, 0.3) is 0 Å². The van der Waals surface area contributed by atoms with Crippen LogP contribution in [0.2, 0.25) is 0 Å². The Balaban J connectivity index is 1.27. The second-order valence-corrected chi connectivity index (χ2v) is 8.92. The standard InChI is InChI=1S/C26H34N4O3/c31-24(20-33-19-21-8-2-1-3-9-21)29-14-16-30(17-15-29)25(22-10-4-5-11-22)26(32)28-18-23-12-6-7-13-27-23/h1-3,6-9,12-13,22,25H,4-5,10-11,14-20H2,(H,28,32)/t25-/m0/s1. The van der Waals surface area contributed by atoms with Crippen LogP contribution in [-0.2, 0) is 27.5 Å². The number of hydrogen-bond acceptors (Lipinski definition) is 5. The van der Waals surface area contributed by atoms with Crippen LogP contribution in [0.5, 0.6) is 0 Å². The van der Waals surface area contributed by atoms with Gasteiger partial charge in [0.2, 0.25) is 11.8 Å². The fraction of sp³-hybridized carbons (Fsp3) is 0.500. The number of amides is 2. The molecule has 1 aliphatic carbocycles. The minimum absolute atomic E-state index is 0.0163. The molecule has 0 spiro atoms. The number of ether oxygens (including phenoxy) is 1. The SMILES string of the molecule is O=C(NCc1ccccn1)[C@H](C1CCCC1)N1CCN(C(=O)COCc2ccccc2)CC1. The summed E-state index contributed by atoms with van der Waals surface area (Å²) in [6.45, 7) is 3.65. The molecule has 7 nitrogen and oxygen atoms in total. The Kier molecular flexibility index (Phi) is 8.44. The molecule has 2 aromatic rings. The van der Waals surface area contributed by atoms with E-state index in [2.05, 4.69) is 15.2 Å². The fourth-order valence-electron chi connectivity index (χ4n) is 4.91. The summed E-state index contributed by atoms with van der Waals surface area (Å²) in [4.78, 5) is 34.3. The van der Waals surface area contributed by atoms with Crippen LogP contribution in [0.15, 0.2) is 54.7 Å². The third kappa shape index (κ3) is 6.62. The van der Waals surface area contributed by atoms with Crippen LogP contribution in [0.4, 0.5) is 0 Å². The summed E-state index contributed by atoms with van der Waals surface area (Å²) >= 11 is 0. The Labute approximate surface area is 196 Å². The maximum absolute atomic E-state index is 13.2. The highest BCUT2D eigenvalue weighted by atomic mass is 16.5. The van der Waals surface area contributed by atoms with Crippen molar-refractivity contribution in [2.45, 2.75) is 44.9 Å². The Morgan fingerprint density at radius 3 is 2.42 bits per heavy atom. The lowest BCUT2D eigenvalue weighted by Gasteiger charge is -2.40. The third-order valence-corrected chi connectivity index (χ3v) is 6.68. The van der Waals surface area contributed by atoms with Crippen LogP contribution in [0, 0.1) is 5.92 Å². The molecule has 1 saturated carbocycles. The molecule has 1 saturated heterocycles. The van der Waals surface area contributed by atoms with Gasteiger partial charge in [-0.25, -0.2) is 0 Å². The molecule has 2 aliphatic rings. The molecule has 33 heavy (non-hydrogen) atoms. The number of piperazine rings is 1. The predicted octanol–water partition coefficient (Wildman–Crippen LogP) is 2.62. The van der Waals surface area contributed by atoms with Crippen LogP contribution >= 0.6 is 0 Å². The van der Waals surface area contributed by atoms with Gasteiger partial charge in [-0.1, -0.05) is 49.2 Å². The molecule has 2 amide bonds. The van der Waals surface area contributed by atoms with Crippen LogP contribution in [0.25, 0.3) is 0 Å². The van der Waals surface area contributed by atoms with Crippen LogP contribution in [-0.4, -0.2) is 65.4 Å². The van der Waals surface area contributed by atoms with Crippen molar-refractivity contribution < 1.29 is 14.3 Å². The molecule has 0 unspecified atom stereocenters. The highest BCUT2D eigenvalue weighted by Gasteiger charge is 2.37. The molecule has 176 valence electrons. The summed E-state index contributed by atoms with van der Waals surface area (Å²) in [6, 6.07) is 15.5. The average Bonchev–Trinajstić information content (AvgIpc) is 3.39. The van der Waals surface area contributed by atoms with E-state index in [-0.39, 0.29) is 24.5 Å². The van der Waals surface area contributed by atoms with Crippen molar-refractivity contribution in [3.8, 4) is 0 Å². The first-order valence-electron chi connectivity index (χ1n) is 12.0. The van der Waals surface area contributed by atoms with Gasteiger partial charge in [-0.15, -0.1) is 0 Å². The van der Waals surface area contributed by atoms with E-state index in [1.54, 1.807) is 6.20 Å². The first-order chi connectivity index (χ1) is 16.2. The molecule has 1 aliphatic heterocycles. The lowest BCUT2D eigenvalue weighted by Crippen LogP contribution is -2.58. The third-order valence-electron chi connectivity index (χ3n) is 6.68. The van der Waals surface area contributed by atoms with Gasteiger partial charge in [0.1, 0.15) is 6.61 Å². The summed E-state index contributed by atoms with van der Waals surface area (Å²) in [7, 11) is 0. The molecule has 2 fully saturated rings. The minimum Gasteiger partial charge on any atom is -0.367 e. The smallest absolute Gasteiger partial charge is 0.248 e. The Morgan fingerprint density at radius 1 is 1.00 bits per heavy atom. The van der Waals surface area contributed by atoms with Gasteiger partial charge in [-0.3, -0.25) is 19.5 Å². The quantitative estimate of drug-likeness (QED) is 0.636. The first kappa shape index (κ1) is 23.4. The van der Waals surface area contributed by atoms with Crippen molar-refractivity contribution in [1.82, 2.24) is 20.1 Å². The van der Waals surface area contributed by atoms with E-state index in [4.69, 9.17) is 4.74 Å². The van der Waals surface area contributed by atoms with Gasteiger partial charge >= 0.3 is 0 Å². The number of hydrogen-bond donors (Lipinski definition) is 1. The second kappa shape index (κ2) is 11.9. The highest BCUT2D eigenvalue weighted by molar-refractivity contribution is 5.82. The molecule has 1 aromatic carbocycles. The van der Waals surface area contributed by atoms with Crippen molar-refractivity contribution >= 4 is 11.8 Å². The first-order valence-corrected chi connectivity index (χ1v) is 12.0. The molecular weight excluding hydrogens is 416 g/mol. The Bertz CT molecular complexity index is 879. The molecule has 1 atom stereocenters. The van der Waals surface area contributed by atoms with E-state index >= 15 is 0 Å². The zero-order chi connectivity index (χ0) is 22.9. The molecule has 0 radical (unpaired) electrons. The number of carbonyl (C=O) groups excluding carboxylic acids is 2. The molecule has 2 heterocycles. The van der Waals surface area contributed by atoms with E-state index in [0.29, 0.717) is 45.2 Å². The zero-order valence-corrected chi connectivity index (χ0v) is 19.2. The number of benzene rings is 1. The zero-order valence-electron chi connectivity index (χ0n) is 19.2. The lowest BCUT2D eigenvalue weighted by atomic mass is 9.95. The normalized spacial score (nSPS) is 18.2. The number of nitrogens with zero attached hydrogens (tertiary/aromatic N) is 3. The van der Waals surface area contributed by atoms with Crippen LogP contribution < -0.4 is 5.32 Å². The number of pyridine rings is 1. The second-order valence-electron chi connectivity index (χ2n) is 8.92. The van der Waals surface area contributed by atoms with Gasteiger partial charge < -0.3 is 15.0 Å². The number of carbonyl (C=O) groups is 2. The molecule has 1 N–H and O–H groups in total. The molecule has 0 bridgehead atoms. The van der Waals surface area contributed by atoms with Crippen LogP contribution in [0.3, 0.4) is 0 Å². The minimum atomic E-state index is -0.136. The van der Waals surface area contributed by atoms with Gasteiger partial charge in [0.05, 0.1) is 24.9 Å². The largest absolute Gasteiger partial charge is 0.367 e. The number of aromatic nitrogens is 1. The van der Waals surface area contributed by atoms with E-state index in [1.807, 2.05) is 53.4 Å². The predicted molar refractivity (Wildman–Crippen MR) is 126 cm³/mol. The van der Waals surface area contributed by atoms with Crippen molar-refractivity contribution in [3.05, 3.63) is 66.0 Å². The van der Waals surface area contributed by atoms with E-state index in [9.17, 15) is 9.59 Å². The Morgan fingerprint density at radius 2 is 1.73 bits per heavy atom. The van der Waals surface area contributed by atoms with Gasteiger partial charge in [0.15, 0.2) is 0 Å². The summed E-state index contributed by atoms with van der Waals surface area (Å²) in [5.74, 6) is 0.478. The molecule has 4 rings (SSSR count). The van der Waals surface area contributed by atoms with Gasteiger partial charge in [-0.2, -0.15) is 0 Å². The number of nitrogens with one attached hydrogen (secondary N) is 1. The summed E-state index contributed by atoms with van der Waals surface area (Å²) in [6.07, 6.45) is 6.30. The van der Waals surface area contributed by atoms with Crippen molar-refractivity contribution in [3.63, 3.8) is 0 Å². The lowest BCUT2D eigenvalue weighted by molar-refractivity contribution is -0.139. The van der Waals surface area contributed by atoms with Crippen molar-refractivity contribution in [2.24, 2.45) is 5.92 Å². The number of rotatable bonds is 9. The summed E-state index contributed by atoms with van der Waals surface area (Å²) in [5.41, 5.74) is 1.92. The van der Waals surface area contributed by atoms with E-state index in [1.165, 1.54) is 12.8 Å². The summed E-state index contributed by atoms with van der Waals surface area (Å²) < 4.78 is 5.63. The van der Waals surface area contributed by atoms with E-state index in [0.717, 1.165) is 24.1 Å². The molecular formula is C26H34N4O3. The molecule has 7 heteroatoms. The fourth-order valence-corrected chi connectivity index (χ4v) is 4.91. The van der Waals surface area contributed by atoms with Crippen LogP contribution in [0.1, 0.15) is 36.9 Å². The van der Waals surface area contributed by atoms with Crippen molar-refractivity contribution in [1.29, 1.82) is 0 Å². The highest BCUT2D eigenvalue weighted by Crippen LogP contribution is 2.31. The molecule has 1 aromatic heterocycles. The van der Waals surface area contributed by atoms with Gasteiger partial charge in [0, 0.05) is 32.4 Å². The maximum Gasteiger partial charge on any atom is 0.248 e.